The highest BCUT2D eigenvalue weighted by molar-refractivity contribution is 5.83. The maximum atomic E-state index is 10.8. The SMILES string of the molecule is CC(N)C(=O)O.CCCC(=O)NC(C)C(=O)O. The monoisotopic (exact) mass is 248 g/mol. The van der Waals surface area contributed by atoms with E-state index in [1.54, 1.807) is 0 Å². The molecule has 0 saturated carbocycles. The number of nitrogens with one attached hydrogen (secondary N) is 1. The van der Waals surface area contributed by atoms with Gasteiger partial charge in [0.05, 0.1) is 0 Å². The Kier molecular flexibility index (Phi) is 10.0. The van der Waals surface area contributed by atoms with E-state index in [4.69, 9.17) is 15.9 Å². The highest BCUT2D eigenvalue weighted by Crippen LogP contribution is 1.88. The fourth-order valence-corrected chi connectivity index (χ4v) is 0.602. The van der Waals surface area contributed by atoms with Crippen molar-refractivity contribution in [2.24, 2.45) is 5.73 Å². The van der Waals surface area contributed by atoms with E-state index in [9.17, 15) is 14.4 Å². The van der Waals surface area contributed by atoms with Gasteiger partial charge in [-0.3, -0.25) is 14.4 Å². The van der Waals surface area contributed by atoms with Crippen LogP contribution in [0.25, 0.3) is 0 Å². The van der Waals surface area contributed by atoms with Crippen LogP contribution < -0.4 is 11.1 Å². The van der Waals surface area contributed by atoms with E-state index in [-0.39, 0.29) is 5.91 Å². The summed E-state index contributed by atoms with van der Waals surface area (Å²) < 4.78 is 0. The number of carbonyl (C=O) groups excluding carboxylic acids is 1. The van der Waals surface area contributed by atoms with E-state index in [2.05, 4.69) is 5.32 Å². The first kappa shape index (κ1) is 17.8. The second-order valence-corrected chi connectivity index (χ2v) is 3.50. The molecule has 0 bridgehead atoms. The Balaban J connectivity index is 0. The van der Waals surface area contributed by atoms with Crippen molar-refractivity contribution < 1.29 is 24.6 Å². The molecule has 0 aromatic heterocycles. The molecular weight excluding hydrogens is 228 g/mol. The van der Waals surface area contributed by atoms with Crippen molar-refractivity contribution in [1.82, 2.24) is 5.32 Å². The predicted molar refractivity (Wildman–Crippen MR) is 61.4 cm³/mol. The predicted octanol–water partition coefficient (Wildman–Crippen LogP) is -0.206. The molecular formula is C10H20N2O5. The molecule has 7 nitrogen and oxygen atoms in total. The number of hydrogen-bond acceptors (Lipinski definition) is 4. The zero-order valence-corrected chi connectivity index (χ0v) is 10.3. The summed E-state index contributed by atoms with van der Waals surface area (Å²) in [5.74, 6) is -2.17. The van der Waals surface area contributed by atoms with Crippen molar-refractivity contribution >= 4 is 17.8 Å². The minimum Gasteiger partial charge on any atom is -0.480 e. The van der Waals surface area contributed by atoms with Gasteiger partial charge in [-0.2, -0.15) is 0 Å². The smallest absolute Gasteiger partial charge is 0.325 e. The zero-order chi connectivity index (χ0) is 14.0. The molecule has 0 aliphatic carbocycles. The molecule has 0 fully saturated rings. The van der Waals surface area contributed by atoms with Gasteiger partial charge in [0.1, 0.15) is 12.1 Å². The average molecular weight is 248 g/mol. The first-order valence-corrected chi connectivity index (χ1v) is 5.22. The summed E-state index contributed by atoms with van der Waals surface area (Å²) in [6, 6.07) is -1.51. The number of carboxylic acids is 2. The van der Waals surface area contributed by atoms with E-state index in [0.717, 1.165) is 6.42 Å². The fraction of sp³-hybridized carbons (Fsp3) is 0.700. The van der Waals surface area contributed by atoms with E-state index in [1.165, 1.54) is 13.8 Å². The Labute approximate surface area is 100.0 Å². The third kappa shape index (κ3) is 12.3. The molecule has 0 heterocycles. The summed E-state index contributed by atoms with van der Waals surface area (Å²) in [6.45, 7) is 4.73. The number of hydrogen-bond donors (Lipinski definition) is 4. The van der Waals surface area contributed by atoms with Gasteiger partial charge in [0.2, 0.25) is 5.91 Å². The van der Waals surface area contributed by atoms with E-state index >= 15 is 0 Å². The van der Waals surface area contributed by atoms with Crippen LogP contribution in [0.5, 0.6) is 0 Å². The minimum absolute atomic E-state index is 0.206. The van der Waals surface area contributed by atoms with Crippen molar-refractivity contribution in [2.75, 3.05) is 0 Å². The normalized spacial score (nSPS) is 12.7. The van der Waals surface area contributed by atoms with Crippen LogP contribution in [0.3, 0.4) is 0 Å². The Hall–Kier alpha value is -1.63. The Morgan fingerprint density at radius 1 is 1.18 bits per heavy atom. The van der Waals surface area contributed by atoms with Crippen molar-refractivity contribution in [1.29, 1.82) is 0 Å². The first-order chi connectivity index (χ1) is 7.72. The van der Waals surface area contributed by atoms with E-state index < -0.39 is 24.0 Å². The minimum atomic E-state index is -1.01. The number of aliphatic carboxylic acids is 2. The van der Waals surface area contributed by atoms with Gasteiger partial charge < -0.3 is 21.3 Å². The summed E-state index contributed by atoms with van der Waals surface area (Å²) in [6.07, 6.45) is 1.12. The molecule has 17 heavy (non-hydrogen) atoms. The fourth-order valence-electron chi connectivity index (χ4n) is 0.602. The van der Waals surface area contributed by atoms with Crippen molar-refractivity contribution in [3.8, 4) is 0 Å². The highest BCUT2D eigenvalue weighted by atomic mass is 16.4. The Morgan fingerprint density at radius 2 is 1.59 bits per heavy atom. The molecule has 0 rings (SSSR count). The van der Waals surface area contributed by atoms with Gasteiger partial charge in [-0.05, 0) is 20.3 Å². The molecule has 2 unspecified atom stereocenters. The molecule has 1 amide bonds. The van der Waals surface area contributed by atoms with Crippen LogP contribution in [0.15, 0.2) is 0 Å². The second kappa shape index (κ2) is 9.59. The van der Waals surface area contributed by atoms with Crippen LogP contribution in [0.1, 0.15) is 33.6 Å². The standard InChI is InChI=1S/C7H13NO3.C3H7NO2/c1-3-4-6(9)8-5(2)7(10)11;1-2(4)3(5)6/h5H,3-4H2,1-2H3,(H,8,9)(H,10,11);2H,4H2,1H3,(H,5,6). The van der Waals surface area contributed by atoms with E-state index in [1.807, 2.05) is 6.92 Å². The lowest BCUT2D eigenvalue weighted by atomic mass is 10.3. The molecule has 0 spiro atoms. The third-order valence-electron chi connectivity index (χ3n) is 1.61. The van der Waals surface area contributed by atoms with Crippen LogP contribution in [0.4, 0.5) is 0 Å². The molecule has 0 radical (unpaired) electrons. The molecule has 0 aromatic carbocycles. The number of carbonyl (C=O) groups is 3. The van der Waals surface area contributed by atoms with Crippen LogP contribution in [0, 0.1) is 0 Å². The summed E-state index contributed by atoms with van der Waals surface area (Å²) in [4.78, 5) is 30.6. The molecule has 100 valence electrons. The van der Waals surface area contributed by atoms with Crippen LogP contribution in [0.2, 0.25) is 0 Å². The molecule has 5 N–H and O–H groups in total. The molecule has 0 aliphatic rings. The summed E-state index contributed by atoms with van der Waals surface area (Å²) in [5.41, 5.74) is 4.84. The first-order valence-electron chi connectivity index (χ1n) is 5.22. The lowest BCUT2D eigenvalue weighted by molar-refractivity contribution is -0.141. The molecule has 0 aromatic rings. The van der Waals surface area contributed by atoms with Gasteiger partial charge in [-0.25, -0.2) is 0 Å². The number of rotatable bonds is 5. The van der Waals surface area contributed by atoms with Gasteiger partial charge in [0.15, 0.2) is 0 Å². The quantitative estimate of drug-likeness (QED) is 0.533. The summed E-state index contributed by atoms with van der Waals surface area (Å²) >= 11 is 0. The largest absolute Gasteiger partial charge is 0.480 e. The Bertz CT molecular complexity index is 265. The lowest BCUT2D eigenvalue weighted by Gasteiger charge is -2.07. The number of amides is 1. The molecule has 7 heteroatoms. The lowest BCUT2D eigenvalue weighted by Crippen LogP contribution is -2.38. The summed E-state index contributed by atoms with van der Waals surface area (Å²) in [7, 11) is 0. The van der Waals surface area contributed by atoms with Gasteiger partial charge in [-0.1, -0.05) is 6.92 Å². The number of carboxylic acid groups (broad SMARTS) is 2. The van der Waals surface area contributed by atoms with Crippen LogP contribution in [-0.4, -0.2) is 40.1 Å². The molecule has 0 saturated heterocycles. The van der Waals surface area contributed by atoms with E-state index in [0.29, 0.717) is 6.42 Å². The second-order valence-electron chi connectivity index (χ2n) is 3.50. The topological polar surface area (TPSA) is 130 Å². The number of nitrogens with two attached hydrogens (primary N) is 1. The van der Waals surface area contributed by atoms with Crippen molar-refractivity contribution in [2.45, 2.75) is 45.7 Å². The molecule has 0 aliphatic heterocycles. The van der Waals surface area contributed by atoms with Gasteiger partial charge in [0, 0.05) is 6.42 Å². The molecule has 2 atom stereocenters. The third-order valence-corrected chi connectivity index (χ3v) is 1.61. The Morgan fingerprint density at radius 3 is 1.82 bits per heavy atom. The zero-order valence-electron chi connectivity index (χ0n) is 10.3. The maximum absolute atomic E-state index is 10.8. The van der Waals surface area contributed by atoms with Crippen LogP contribution >= 0.6 is 0 Å². The van der Waals surface area contributed by atoms with Gasteiger partial charge in [-0.15, -0.1) is 0 Å². The van der Waals surface area contributed by atoms with Crippen molar-refractivity contribution in [3.05, 3.63) is 0 Å². The summed E-state index contributed by atoms with van der Waals surface area (Å²) in [5, 5.41) is 18.6. The van der Waals surface area contributed by atoms with Gasteiger partial charge >= 0.3 is 11.9 Å². The highest BCUT2D eigenvalue weighted by Gasteiger charge is 2.12. The maximum Gasteiger partial charge on any atom is 0.325 e. The van der Waals surface area contributed by atoms with Gasteiger partial charge in [0.25, 0.3) is 0 Å². The average Bonchev–Trinajstić information content (AvgIpc) is 2.18. The van der Waals surface area contributed by atoms with Crippen molar-refractivity contribution in [3.63, 3.8) is 0 Å². The van der Waals surface area contributed by atoms with Crippen LogP contribution in [-0.2, 0) is 14.4 Å².